The highest BCUT2D eigenvalue weighted by molar-refractivity contribution is 7.99. The van der Waals surface area contributed by atoms with Crippen LogP contribution in [0.5, 0.6) is 0 Å². The van der Waals surface area contributed by atoms with Crippen LogP contribution in [0.4, 0.5) is 0 Å². The van der Waals surface area contributed by atoms with Gasteiger partial charge in [-0.2, -0.15) is 0 Å². The number of hydrogen-bond donors (Lipinski definition) is 2. The Labute approximate surface area is 103 Å². The SMILES string of the molecule is CCOC(=O)c1cnc(SCCCC(=O)O)[nH]1. The molecule has 2 N–H and O–H groups in total. The lowest BCUT2D eigenvalue weighted by Gasteiger charge is -1.97. The zero-order valence-electron chi connectivity index (χ0n) is 9.43. The van der Waals surface area contributed by atoms with Crippen molar-refractivity contribution in [3.05, 3.63) is 11.9 Å². The van der Waals surface area contributed by atoms with Crippen LogP contribution in [0.3, 0.4) is 0 Å². The molecule has 0 fully saturated rings. The lowest BCUT2D eigenvalue weighted by Crippen LogP contribution is -2.04. The minimum absolute atomic E-state index is 0.137. The van der Waals surface area contributed by atoms with Crippen LogP contribution >= 0.6 is 11.8 Å². The normalized spacial score (nSPS) is 10.2. The fourth-order valence-electron chi connectivity index (χ4n) is 1.08. The molecule has 0 bridgehead atoms. The van der Waals surface area contributed by atoms with Gasteiger partial charge in [0.2, 0.25) is 0 Å². The molecule has 0 saturated carbocycles. The molecule has 6 nitrogen and oxygen atoms in total. The van der Waals surface area contributed by atoms with Gasteiger partial charge >= 0.3 is 11.9 Å². The van der Waals surface area contributed by atoms with E-state index in [9.17, 15) is 9.59 Å². The van der Waals surface area contributed by atoms with E-state index in [4.69, 9.17) is 9.84 Å². The number of esters is 1. The van der Waals surface area contributed by atoms with Gasteiger partial charge in [0.15, 0.2) is 5.16 Å². The molecule has 0 amide bonds. The van der Waals surface area contributed by atoms with Crippen molar-refractivity contribution in [3.8, 4) is 0 Å². The smallest absolute Gasteiger partial charge is 0.356 e. The van der Waals surface area contributed by atoms with E-state index in [0.717, 1.165) is 0 Å². The van der Waals surface area contributed by atoms with Crippen molar-refractivity contribution in [3.63, 3.8) is 0 Å². The topological polar surface area (TPSA) is 92.3 Å². The van der Waals surface area contributed by atoms with Gasteiger partial charge in [0.05, 0.1) is 12.8 Å². The van der Waals surface area contributed by atoms with Gasteiger partial charge in [0, 0.05) is 12.2 Å². The van der Waals surface area contributed by atoms with Crippen molar-refractivity contribution in [1.82, 2.24) is 9.97 Å². The number of ether oxygens (including phenoxy) is 1. The zero-order chi connectivity index (χ0) is 12.7. The van der Waals surface area contributed by atoms with Gasteiger partial charge in [0.25, 0.3) is 0 Å². The Hall–Kier alpha value is -1.50. The number of aromatic amines is 1. The van der Waals surface area contributed by atoms with Crippen LogP contribution in [-0.4, -0.2) is 39.4 Å². The number of hydrogen-bond acceptors (Lipinski definition) is 5. The maximum absolute atomic E-state index is 11.3. The molecule has 0 aliphatic carbocycles. The number of thioether (sulfide) groups is 1. The van der Waals surface area contributed by atoms with Gasteiger partial charge in [-0.3, -0.25) is 4.79 Å². The van der Waals surface area contributed by atoms with Crippen LogP contribution in [0.25, 0.3) is 0 Å². The maximum atomic E-state index is 11.3. The van der Waals surface area contributed by atoms with Gasteiger partial charge < -0.3 is 14.8 Å². The van der Waals surface area contributed by atoms with E-state index in [1.165, 1.54) is 18.0 Å². The Kier molecular flexibility index (Phi) is 5.55. The minimum atomic E-state index is -0.808. The summed E-state index contributed by atoms with van der Waals surface area (Å²) in [6.45, 7) is 2.05. The summed E-state index contributed by atoms with van der Waals surface area (Å²) in [5.74, 6) is -0.600. The first-order valence-corrected chi connectivity index (χ1v) is 6.18. The number of rotatable bonds is 7. The number of aliphatic carboxylic acids is 1. The summed E-state index contributed by atoms with van der Waals surface area (Å²) in [7, 11) is 0. The third-order valence-electron chi connectivity index (χ3n) is 1.82. The second-order valence-corrected chi connectivity index (χ2v) is 4.25. The van der Waals surface area contributed by atoms with Crippen LogP contribution < -0.4 is 0 Å². The van der Waals surface area contributed by atoms with Crippen molar-refractivity contribution >= 4 is 23.7 Å². The highest BCUT2D eigenvalue weighted by Crippen LogP contribution is 2.15. The summed E-state index contributed by atoms with van der Waals surface area (Å²) in [4.78, 5) is 28.4. The maximum Gasteiger partial charge on any atom is 0.356 e. The van der Waals surface area contributed by atoms with E-state index in [0.29, 0.717) is 29.6 Å². The fourth-order valence-corrected chi connectivity index (χ4v) is 1.87. The Morgan fingerprint density at radius 2 is 2.35 bits per heavy atom. The number of carboxylic acids is 1. The van der Waals surface area contributed by atoms with Crippen LogP contribution in [0.15, 0.2) is 11.4 Å². The average Bonchev–Trinajstić information content (AvgIpc) is 2.73. The van der Waals surface area contributed by atoms with E-state index in [1.54, 1.807) is 6.92 Å². The third kappa shape index (κ3) is 4.90. The van der Waals surface area contributed by atoms with E-state index in [-0.39, 0.29) is 6.42 Å². The molecule has 0 aliphatic rings. The molecule has 94 valence electrons. The molecule has 17 heavy (non-hydrogen) atoms. The molecule has 1 aromatic heterocycles. The molecule has 0 unspecified atom stereocenters. The second-order valence-electron chi connectivity index (χ2n) is 3.17. The summed E-state index contributed by atoms with van der Waals surface area (Å²) >= 11 is 1.38. The fraction of sp³-hybridized carbons (Fsp3) is 0.500. The standard InChI is InChI=1S/C10H14N2O4S/c1-2-16-9(15)7-6-11-10(12-7)17-5-3-4-8(13)14/h6H,2-5H2,1H3,(H,11,12)(H,13,14). The van der Waals surface area contributed by atoms with Crippen molar-refractivity contribution in [2.75, 3.05) is 12.4 Å². The Bertz CT molecular complexity index is 391. The number of aromatic nitrogens is 2. The summed E-state index contributed by atoms with van der Waals surface area (Å²) < 4.78 is 4.80. The number of carbonyl (C=O) groups is 2. The Morgan fingerprint density at radius 1 is 1.59 bits per heavy atom. The monoisotopic (exact) mass is 258 g/mol. The largest absolute Gasteiger partial charge is 0.481 e. The molecule has 0 saturated heterocycles. The van der Waals surface area contributed by atoms with Crippen molar-refractivity contribution in [1.29, 1.82) is 0 Å². The summed E-state index contributed by atoms with van der Waals surface area (Å²) in [5, 5.41) is 9.05. The lowest BCUT2D eigenvalue weighted by molar-refractivity contribution is -0.137. The molecule has 7 heteroatoms. The molecular formula is C10H14N2O4S. The highest BCUT2D eigenvalue weighted by Gasteiger charge is 2.10. The second kappa shape index (κ2) is 6.95. The van der Waals surface area contributed by atoms with Crippen LogP contribution in [-0.2, 0) is 9.53 Å². The molecule has 1 heterocycles. The summed E-state index contributed by atoms with van der Waals surface area (Å²) in [5.41, 5.74) is 0.313. The zero-order valence-corrected chi connectivity index (χ0v) is 10.2. The molecule has 0 atom stereocenters. The van der Waals surface area contributed by atoms with Crippen molar-refractivity contribution in [2.45, 2.75) is 24.9 Å². The van der Waals surface area contributed by atoms with E-state index in [2.05, 4.69) is 9.97 Å². The molecular weight excluding hydrogens is 244 g/mol. The van der Waals surface area contributed by atoms with Gasteiger partial charge in [-0.1, -0.05) is 11.8 Å². The third-order valence-corrected chi connectivity index (χ3v) is 2.80. The van der Waals surface area contributed by atoms with E-state index in [1.807, 2.05) is 0 Å². The highest BCUT2D eigenvalue weighted by atomic mass is 32.2. The van der Waals surface area contributed by atoms with E-state index >= 15 is 0 Å². The van der Waals surface area contributed by atoms with Gasteiger partial charge in [0.1, 0.15) is 5.69 Å². The van der Waals surface area contributed by atoms with Crippen LogP contribution in [0.2, 0.25) is 0 Å². The predicted octanol–water partition coefficient (Wildman–Crippen LogP) is 1.54. The quantitative estimate of drug-likeness (QED) is 0.438. The first-order chi connectivity index (χ1) is 8.13. The molecule has 0 aliphatic heterocycles. The summed E-state index contributed by atoms with van der Waals surface area (Å²) in [6.07, 6.45) is 2.12. The van der Waals surface area contributed by atoms with Crippen molar-refractivity contribution in [2.24, 2.45) is 0 Å². The Balaban J connectivity index is 2.35. The number of imidazole rings is 1. The number of carbonyl (C=O) groups excluding carboxylic acids is 1. The molecule has 1 aromatic rings. The number of H-pyrrole nitrogens is 1. The number of nitrogens with zero attached hydrogens (tertiary/aromatic N) is 1. The van der Waals surface area contributed by atoms with Crippen molar-refractivity contribution < 1.29 is 19.4 Å². The summed E-state index contributed by atoms with van der Waals surface area (Å²) in [6, 6.07) is 0. The first kappa shape index (κ1) is 13.6. The van der Waals surface area contributed by atoms with Gasteiger partial charge in [-0.25, -0.2) is 9.78 Å². The first-order valence-electron chi connectivity index (χ1n) is 5.20. The van der Waals surface area contributed by atoms with Crippen LogP contribution in [0, 0.1) is 0 Å². The van der Waals surface area contributed by atoms with E-state index < -0.39 is 11.9 Å². The lowest BCUT2D eigenvalue weighted by atomic mass is 10.3. The molecule has 0 radical (unpaired) electrons. The minimum Gasteiger partial charge on any atom is -0.481 e. The molecule has 1 rings (SSSR count). The number of nitrogens with one attached hydrogen (secondary N) is 1. The number of carboxylic acid groups (broad SMARTS) is 1. The van der Waals surface area contributed by atoms with Gasteiger partial charge in [-0.05, 0) is 13.3 Å². The molecule has 0 aromatic carbocycles. The predicted molar refractivity (Wildman–Crippen MR) is 62.1 cm³/mol. The average molecular weight is 258 g/mol. The van der Waals surface area contributed by atoms with Gasteiger partial charge in [-0.15, -0.1) is 0 Å². The molecule has 0 spiro atoms. The van der Waals surface area contributed by atoms with Crippen LogP contribution in [0.1, 0.15) is 30.3 Å². The Morgan fingerprint density at radius 3 is 3.00 bits per heavy atom.